The van der Waals surface area contributed by atoms with Crippen molar-refractivity contribution in [2.24, 2.45) is 0 Å². The van der Waals surface area contributed by atoms with Crippen molar-refractivity contribution in [2.45, 2.75) is 38.1 Å². The Balaban J connectivity index is 2.08. The highest BCUT2D eigenvalue weighted by Crippen LogP contribution is 2.32. The van der Waals surface area contributed by atoms with Crippen molar-refractivity contribution in [1.29, 1.82) is 0 Å². The maximum absolute atomic E-state index is 13.9. The molecule has 1 heterocycles. The van der Waals surface area contributed by atoms with Crippen molar-refractivity contribution in [3.63, 3.8) is 0 Å². The van der Waals surface area contributed by atoms with E-state index in [1.165, 1.54) is 25.3 Å². The van der Waals surface area contributed by atoms with E-state index >= 15 is 0 Å². The number of halogens is 1. The zero-order valence-corrected chi connectivity index (χ0v) is 11.4. The Morgan fingerprint density at radius 3 is 2.68 bits per heavy atom. The number of hydrogen-bond donors (Lipinski definition) is 1. The van der Waals surface area contributed by atoms with Gasteiger partial charge in [0.15, 0.2) is 10.6 Å². The van der Waals surface area contributed by atoms with Crippen LogP contribution in [0.3, 0.4) is 0 Å². The molecule has 5 heteroatoms. The molecule has 0 aliphatic heterocycles. The number of rotatable bonds is 2. The van der Waals surface area contributed by atoms with E-state index in [-0.39, 0.29) is 5.82 Å². The van der Waals surface area contributed by atoms with E-state index in [1.54, 1.807) is 12.1 Å². The van der Waals surface area contributed by atoms with Gasteiger partial charge in [0.1, 0.15) is 5.82 Å². The molecule has 100 valence electrons. The van der Waals surface area contributed by atoms with Crippen molar-refractivity contribution in [1.82, 2.24) is 14.8 Å². The summed E-state index contributed by atoms with van der Waals surface area (Å²) in [6.45, 7) is 0. The van der Waals surface area contributed by atoms with E-state index in [1.807, 2.05) is 10.6 Å². The average molecular weight is 277 g/mol. The molecule has 1 aromatic heterocycles. The zero-order chi connectivity index (χ0) is 13.2. The van der Waals surface area contributed by atoms with Crippen molar-refractivity contribution in [3.8, 4) is 11.4 Å². The van der Waals surface area contributed by atoms with Crippen LogP contribution in [-0.4, -0.2) is 14.8 Å². The first kappa shape index (κ1) is 12.5. The predicted molar refractivity (Wildman–Crippen MR) is 74.9 cm³/mol. The molecule has 1 N–H and O–H groups in total. The van der Waals surface area contributed by atoms with Crippen molar-refractivity contribution < 1.29 is 4.39 Å². The van der Waals surface area contributed by atoms with Gasteiger partial charge in [-0.1, -0.05) is 31.4 Å². The van der Waals surface area contributed by atoms with Gasteiger partial charge < -0.3 is 0 Å². The van der Waals surface area contributed by atoms with Crippen molar-refractivity contribution >= 4 is 12.2 Å². The number of nitrogens with zero attached hydrogens (tertiary/aromatic N) is 2. The van der Waals surface area contributed by atoms with E-state index in [9.17, 15) is 4.39 Å². The number of nitrogens with one attached hydrogen (secondary N) is 1. The third-order valence-corrected chi connectivity index (χ3v) is 4.05. The molecule has 0 radical (unpaired) electrons. The Bertz CT molecular complexity index is 626. The van der Waals surface area contributed by atoms with Crippen LogP contribution < -0.4 is 0 Å². The van der Waals surface area contributed by atoms with E-state index in [0.29, 0.717) is 22.2 Å². The Labute approximate surface area is 116 Å². The highest BCUT2D eigenvalue weighted by Gasteiger charge is 2.21. The van der Waals surface area contributed by atoms with Crippen LogP contribution in [-0.2, 0) is 0 Å². The summed E-state index contributed by atoms with van der Waals surface area (Å²) in [5, 5.41) is 7.04. The summed E-state index contributed by atoms with van der Waals surface area (Å²) >= 11 is 5.32. The van der Waals surface area contributed by atoms with Gasteiger partial charge in [-0.2, -0.15) is 5.10 Å². The molecule has 1 aromatic carbocycles. The van der Waals surface area contributed by atoms with Gasteiger partial charge >= 0.3 is 0 Å². The number of aromatic amines is 1. The summed E-state index contributed by atoms with van der Waals surface area (Å²) in [7, 11) is 0. The lowest BCUT2D eigenvalue weighted by atomic mass is 9.95. The van der Waals surface area contributed by atoms with E-state index < -0.39 is 0 Å². The first-order valence-electron chi connectivity index (χ1n) is 6.69. The third-order valence-electron chi connectivity index (χ3n) is 3.76. The molecule has 0 spiro atoms. The lowest BCUT2D eigenvalue weighted by Crippen LogP contribution is -2.14. The van der Waals surface area contributed by atoms with Gasteiger partial charge in [-0.05, 0) is 37.2 Å². The number of hydrogen-bond acceptors (Lipinski definition) is 2. The topological polar surface area (TPSA) is 33.6 Å². The summed E-state index contributed by atoms with van der Waals surface area (Å²) in [6, 6.07) is 7.05. The minimum Gasteiger partial charge on any atom is -0.297 e. The Kier molecular flexibility index (Phi) is 3.46. The fourth-order valence-corrected chi connectivity index (χ4v) is 3.10. The van der Waals surface area contributed by atoms with Gasteiger partial charge in [0.05, 0.1) is 5.56 Å². The molecule has 0 unspecified atom stereocenters. The smallest absolute Gasteiger partial charge is 0.195 e. The van der Waals surface area contributed by atoms with Crippen LogP contribution in [0.25, 0.3) is 11.4 Å². The Hall–Kier alpha value is -1.49. The molecule has 0 saturated heterocycles. The summed E-state index contributed by atoms with van der Waals surface area (Å²) in [6.07, 6.45) is 5.87. The standard InChI is InChI=1S/C14H16FN3S/c15-12-9-5-4-8-11(12)13-16-17-14(19)18(13)10-6-2-1-3-7-10/h4-5,8-10H,1-3,6-7H2,(H,17,19). The molecule has 0 bridgehead atoms. The maximum atomic E-state index is 13.9. The summed E-state index contributed by atoms with van der Waals surface area (Å²) in [5.41, 5.74) is 0.514. The summed E-state index contributed by atoms with van der Waals surface area (Å²) in [5.74, 6) is 0.364. The molecule has 1 saturated carbocycles. The number of H-pyrrole nitrogens is 1. The van der Waals surface area contributed by atoms with Crippen molar-refractivity contribution in [3.05, 3.63) is 34.9 Å². The average Bonchev–Trinajstić information content (AvgIpc) is 2.82. The molecule has 0 atom stereocenters. The molecule has 3 rings (SSSR count). The molecule has 19 heavy (non-hydrogen) atoms. The van der Waals surface area contributed by atoms with Gasteiger partial charge in [0.2, 0.25) is 0 Å². The number of benzene rings is 1. The first-order chi connectivity index (χ1) is 9.27. The van der Waals surface area contributed by atoms with E-state index in [2.05, 4.69) is 10.2 Å². The monoisotopic (exact) mass is 277 g/mol. The molecule has 2 aromatic rings. The van der Waals surface area contributed by atoms with E-state index in [4.69, 9.17) is 12.2 Å². The van der Waals surface area contributed by atoms with Gasteiger partial charge in [-0.3, -0.25) is 9.67 Å². The summed E-state index contributed by atoms with van der Waals surface area (Å²) < 4.78 is 16.5. The lowest BCUT2D eigenvalue weighted by Gasteiger charge is -2.24. The van der Waals surface area contributed by atoms with Crippen LogP contribution in [0.5, 0.6) is 0 Å². The quantitative estimate of drug-likeness (QED) is 0.832. The van der Waals surface area contributed by atoms with Gasteiger partial charge in [-0.15, -0.1) is 0 Å². The first-order valence-corrected chi connectivity index (χ1v) is 7.10. The zero-order valence-electron chi connectivity index (χ0n) is 10.6. The van der Waals surface area contributed by atoms with Gasteiger partial charge in [0.25, 0.3) is 0 Å². The minimum absolute atomic E-state index is 0.256. The van der Waals surface area contributed by atoms with Crippen LogP contribution in [0.15, 0.2) is 24.3 Å². The maximum Gasteiger partial charge on any atom is 0.195 e. The largest absolute Gasteiger partial charge is 0.297 e. The third kappa shape index (κ3) is 2.34. The highest BCUT2D eigenvalue weighted by atomic mass is 32.1. The summed E-state index contributed by atoms with van der Waals surface area (Å²) in [4.78, 5) is 0. The Morgan fingerprint density at radius 2 is 1.95 bits per heavy atom. The normalized spacial score (nSPS) is 16.7. The molecular weight excluding hydrogens is 261 g/mol. The van der Waals surface area contributed by atoms with Gasteiger partial charge in [0, 0.05) is 6.04 Å². The van der Waals surface area contributed by atoms with Crippen LogP contribution in [0, 0.1) is 10.6 Å². The fourth-order valence-electron chi connectivity index (χ4n) is 2.82. The molecule has 1 fully saturated rings. The van der Waals surface area contributed by atoms with Crippen LogP contribution in [0.2, 0.25) is 0 Å². The fraction of sp³-hybridized carbons (Fsp3) is 0.429. The van der Waals surface area contributed by atoms with Gasteiger partial charge in [-0.25, -0.2) is 4.39 Å². The Morgan fingerprint density at radius 1 is 1.21 bits per heavy atom. The van der Waals surface area contributed by atoms with E-state index in [0.717, 1.165) is 12.8 Å². The van der Waals surface area contributed by atoms with Crippen LogP contribution >= 0.6 is 12.2 Å². The molecule has 0 amide bonds. The molecule has 3 nitrogen and oxygen atoms in total. The predicted octanol–water partition coefficient (Wildman–Crippen LogP) is 4.25. The highest BCUT2D eigenvalue weighted by molar-refractivity contribution is 7.71. The van der Waals surface area contributed by atoms with Crippen LogP contribution in [0.4, 0.5) is 4.39 Å². The van der Waals surface area contributed by atoms with Crippen LogP contribution in [0.1, 0.15) is 38.1 Å². The second-order valence-electron chi connectivity index (χ2n) is 4.99. The second-order valence-corrected chi connectivity index (χ2v) is 5.38. The SMILES string of the molecule is Fc1ccccc1-c1n[nH]c(=S)n1C1CCCCC1. The van der Waals surface area contributed by atoms with Crippen molar-refractivity contribution in [2.75, 3.05) is 0 Å². The molecule has 1 aliphatic rings. The molecule has 1 aliphatic carbocycles. The molecular formula is C14H16FN3S. The lowest BCUT2D eigenvalue weighted by molar-refractivity contribution is 0.352. The minimum atomic E-state index is -0.256. The second kappa shape index (κ2) is 5.25. The number of aromatic nitrogens is 3.